The number of phenolic OH excluding ortho intramolecular Hbond substituents is 1. The molecule has 0 bridgehead atoms. The molecule has 22 nitrogen and oxygen atoms in total. The van der Waals surface area contributed by atoms with E-state index < -0.39 is 102 Å². The number of likely N-dealkylation sites (tertiary alicyclic amines) is 1. The first-order chi connectivity index (χ1) is 27.0. The topological polar surface area (TPSA) is 340 Å². The van der Waals surface area contributed by atoms with Crippen LogP contribution in [0.2, 0.25) is 0 Å². The highest BCUT2D eigenvalue weighted by Gasteiger charge is 2.37. The van der Waals surface area contributed by atoms with Crippen molar-refractivity contribution in [1.82, 2.24) is 45.4 Å². The summed E-state index contributed by atoms with van der Waals surface area (Å²) in [5.41, 5.74) is 5.72. The lowest BCUT2D eigenvalue weighted by atomic mass is 10.1. The normalized spacial score (nSPS) is 16.4. The number of fused-ring (bicyclic) bond motifs is 1. The van der Waals surface area contributed by atoms with E-state index in [2.05, 4.69) is 36.2 Å². The number of carbonyl (C=O) groups is 6. The number of aromatic hydroxyl groups is 1. The van der Waals surface area contributed by atoms with Gasteiger partial charge in [0.05, 0.1) is 31.0 Å². The Hall–Kier alpha value is -5.75. The van der Waals surface area contributed by atoms with Crippen molar-refractivity contribution in [2.75, 3.05) is 40.5 Å². The average molecular weight is 819 g/mol. The molecule has 4 rings (SSSR count). The summed E-state index contributed by atoms with van der Waals surface area (Å²) < 4.78 is 26.9. The van der Waals surface area contributed by atoms with Crippen LogP contribution >= 0.6 is 0 Å². The van der Waals surface area contributed by atoms with Crippen molar-refractivity contribution in [2.24, 2.45) is 5.73 Å². The van der Waals surface area contributed by atoms with Crippen molar-refractivity contribution in [3.63, 3.8) is 0 Å². The van der Waals surface area contributed by atoms with E-state index >= 15 is 0 Å². The summed E-state index contributed by atoms with van der Waals surface area (Å²) in [6, 6.07) is -2.64. The smallest absolute Gasteiger partial charge is 0.245 e. The fourth-order valence-electron chi connectivity index (χ4n) is 5.99. The van der Waals surface area contributed by atoms with Crippen LogP contribution in [0, 0.1) is 0 Å². The van der Waals surface area contributed by atoms with Crippen molar-refractivity contribution < 1.29 is 57.6 Å². The van der Waals surface area contributed by atoms with Gasteiger partial charge in [0.25, 0.3) is 0 Å². The second-order valence-electron chi connectivity index (χ2n) is 13.3. The van der Waals surface area contributed by atoms with E-state index in [9.17, 15) is 57.6 Å². The molecule has 11 N–H and O–H groups in total. The fraction of sp³-hybridized carbons (Fsp3) is 0.471. The first-order valence-corrected chi connectivity index (χ1v) is 19.1. The van der Waals surface area contributed by atoms with Crippen molar-refractivity contribution in [2.45, 2.75) is 67.2 Å². The summed E-state index contributed by atoms with van der Waals surface area (Å²) in [6.45, 7) is -2.58. The maximum Gasteiger partial charge on any atom is 0.245 e. The van der Waals surface area contributed by atoms with Crippen LogP contribution in [-0.4, -0.2) is 159 Å². The number of benzene rings is 1. The summed E-state index contributed by atoms with van der Waals surface area (Å²) in [4.78, 5) is 90.5. The number of aromatic amines is 1. The van der Waals surface area contributed by atoms with Gasteiger partial charge in [-0.3, -0.25) is 28.8 Å². The molecular formula is C34H46N10O12S. The molecule has 1 fully saturated rings. The van der Waals surface area contributed by atoms with E-state index in [4.69, 9.17) is 5.73 Å². The van der Waals surface area contributed by atoms with E-state index in [-0.39, 0.29) is 46.8 Å². The molecule has 3 aromatic rings. The molecule has 23 heteroatoms. The van der Waals surface area contributed by atoms with Gasteiger partial charge < -0.3 is 57.3 Å². The van der Waals surface area contributed by atoms with Gasteiger partial charge in [-0.15, -0.1) is 0 Å². The molecule has 310 valence electrons. The third-order valence-corrected chi connectivity index (χ3v) is 11.0. The van der Waals surface area contributed by atoms with Crippen molar-refractivity contribution in [1.29, 1.82) is 0 Å². The van der Waals surface area contributed by atoms with Gasteiger partial charge in [-0.05, 0) is 43.5 Å². The number of phenols is 1. The maximum absolute atomic E-state index is 13.7. The minimum atomic E-state index is -4.00. The van der Waals surface area contributed by atoms with E-state index in [1.165, 1.54) is 43.5 Å². The lowest BCUT2D eigenvalue weighted by molar-refractivity contribution is -0.140. The first kappa shape index (κ1) is 44.0. The second-order valence-corrected chi connectivity index (χ2v) is 15.4. The Morgan fingerprint density at radius 1 is 0.912 bits per heavy atom. The molecule has 3 heterocycles. The van der Waals surface area contributed by atoms with E-state index in [1.54, 1.807) is 6.20 Å². The van der Waals surface area contributed by atoms with E-state index in [1.807, 2.05) is 0 Å². The van der Waals surface area contributed by atoms with Crippen LogP contribution in [0.1, 0.15) is 30.7 Å². The number of nitrogens with zero attached hydrogens (tertiary/aromatic N) is 4. The largest absolute Gasteiger partial charge is 0.506 e. The Morgan fingerprint density at radius 2 is 1.53 bits per heavy atom. The predicted octanol–water partition coefficient (Wildman–Crippen LogP) is -4.52. The number of nitrogens with two attached hydrogens (primary N) is 1. The highest BCUT2D eigenvalue weighted by molar-refractivity contribution is 7.89. The number of carbonyl (C=O) groups excluding carboxylic acids is 6. The van der Waals surface area contributed by atoms with Gasteiger partial charge in [-0.2, -0.15) is 0 Å². The minimum absolute atomic E-state index is 0.0107. The van der Waals surface area contributed by atoms with Gasteiger partial charge in [-0.25, -0.2) is 22.7 Å². The SMILES string of the molecule is CN(C)S(=O)(=O)c1ccc(O)c2nc(C[C@H](NC(=O)[C@H](CO)NC(=O)[C@H]3CCCN3C(=O)CCc3cnc[nH]3)C(=O)N[C@@H](CO)C(=O)N[C@@H](CO)C(N)=O)ccc12. The molecule has 1 saturated heterocycles. The number of hydrogen-bond donors (Lipinski definition) is 10. The summed E-state index contributed by atoms with van der Waals surface area (Å²) in [6.07, 6.45) is 3.76. The van der Waals surface area contributed by atoms with Crippen LogP contribution in [-0.2, 0) is 51.6 Å². The number of H-pyrrole nitrogens is 1. The molecule has 6 amide bonds. The zero-order valence-corrected chi connectivity index (χ0v) is 31.9. The number of hydrogen-bond acceptors (Lipinski definition) is 14. The molecule has 1 aromatic carbocycles. The number of aliphatic hydroxyl groups excluding tert-OH is 3. The summed E-state index contributed by atoms with van der Waals surface area (Å²) >= 11 is 0. The number of rotatable bonds is 19. The van der Waals surface area contributed by atoms with Crippen molar-refractivity contribution in [3.8, 4) is 5.75 Å². The standard InChI is InChI=1S/C34H46N10O12S/c1-43(2)57(55,56)27-9-8-26(48)29-20(27)7-5-18(38-29)12-21(31(51)41-23(15-46)33(53)40-22(14-45)30(35)50)39-32(52)24(16-47)42-34(54)25-4-3-11-44(25)28(49)10-6-19-13-36-17-37-19/h5,7-9,13,17,21-25,45-48H,3-4,6,10-12,14-16H2,1-2H3,(H2,35,50)(H,36,37)(H,39,52)(H,40,53)(H,41,51)(H,42,54)/t21-,22-,23-,24-,25+/m0/s1. The van der Waals surface area contributed by atoms with Crippen LogP contribution in [0.15, 0.2) is 41.7 Å². The summed E-state index contributed by atoms with van der Waals surface area (Å²) in [7, 11) is -1.37. The molecule has 0 unspecified atom stereocenters. The second kappa shape index (κ2) is 19.4. The fourth-order valence-corrected chi connectivity index (χ4v) is 7.07. The Kier molecular flexibility index (Phi) is 15.0. The molecule has 0 aliphatic carbocycles. The lowest BCUT2D eigenvalue weighted by Gasteiger charge is -2.27. The molecule has 0 spiro atoms. The maximum atomic E-state index is 13.7. The van der Waals surface area contributed by atoms with E-state index in [0.717, 1.165) is 16.1 Å². The molecular weight excluding hydrogens is 772 g/mol. The Morgan fingerprint density at radius 3 is 2.12 bits per heavy atom. The molecule has 5 atom stereocenters. The lowest BCUT2D eigenvalue weighted by Crippen LogP contribution is -2.60. The Labute approximate surface area is 326 Å². The molecule has 57 heavy (non-hydrogen) atoms. The number of aromatic nitrogens is 3. The quantitative estimate of drug-likeness (QED) is 0.0545. The third-order valence-electron chi connectivity index (χ3n) is 9.17. The number of primary amides is 1. The van der Waals surface area contributed by atoms with Gasteiger partial charge in [0.1, 0.15) is 41.5 Å². The number of aryl methyl sites for hydroxylation is 1. The Bertz CT molecular complexity index is 2060. The molecule has 1 aliphatic heterocycles. The number of amides is 6. The van der Waals surface area contributed by atoms with Crippen LogP contribution in [0.3, 0.4) is 0 Å². The number of sulfonamides is 1. The molecule has 1 aliphatic rings. The van der Waals surface area contributed by atoms with Gasteiger partial charge in [0.2, 0.25) is 45.5 Å². The van der Waals surface area contributed by atoms with Crippen LogP contribution < -0.4 is 27.0 Å². The zero-order valence-electron chi connectivity index (χ0n) is 31.0. The predicted molar refractivity (Wildman–Crippen MR) is 198 cm³/mol. The highest BCUT2D eigenvalue weighted by atomic mass is 32.2. The zero-order chi connectivity index (χ0) is 42.0. The molecule has 0 saturated carbocycles. The monoisotopic (exact) mass is 818 g/mol. The number of imidazole rings is 1. The minimum Gasteiger partial charge on any atom is -0.506 e. The summed E-state index contributed by atoms with van der Waals surface area (Å²) in [5, 5.41) is 49.2. The van der Waals surface area contributed by atoms with Crippen molar-refractivity contribution in [3.05, 3.63) is 48.2 Å². The van der Waals surface area contributed by atoms with Crippen molar-refractivity contribution >= 4 is 56.4 Å². The third kappa shape index (κ3) is 10.8. The highest BCUT2D eigenvalue weighted by Crippen LogP contribution is 2.30. The van der Waals surface area contributed by atoms with E-state index in [0.29, 0.717) is 12.8 Å². The molecule has 0 radical (unpaired) electrons. The van der Waals surface area contributed by atoms with Gasteiger partial charge in [0.15, 0.2) is 0 Å². The van der Waals surface area contributed by atoms with Gasteiger partial charge >= 0.3 is 0 Å². The Balaban J connectivity index is 1.58. The number of nitrogens with one attached hydrogen (secondary N) is 5. The van der Waals surface area contributed by atoms with Crippen LogP contribution in [0.4, 0.5) is 0 Å². The first-order valence-electron chi connectivity index (χ1n) is 17.7. The van der Waals surface area contributed by atoms with Gasteiger partial charge in [-0.1, -0.05) is 0 Å². The summed E-state index contributed by atoms with van der Waals surface area (Å²) in [5.74, 6) is -5.89. The number of pyridine rings is 1. The number of aliphatic hydroxyl groups is 3. The van der Waals surface area contributed by atoms with Gasteiger partial charge in [0, 0.05) is 56.5 Å². The molecule has 2 aromatic heterocycles. The average Bonchev–Trinajstić information content (AvgIpc) is 3.90. The van der Waals surface area contributed by atoms with Crippen LogP contribution in [0.25, 0.3) is 10.9 Å². The van der Waals surface area contributed by atoms with Crippen LogP contribution in [0.5, 0.6) is 5.75 Å².